The summed E-state index contributed by atoms with van der Waals surface area (Å²) in [6, 6.07) is 9.46. The molecule has 2 aliphatic carbocycles. The first-order valence-corrected chi connectivity index (χ1v) is 10.1. The van der Waals surface area contributed by atoms with Crippen LogP contribution in [0, 0.1) is 17.8 Å². The van der Waals surface area contributed by atoms with Gasteiger partial charge in [-0.05, 0) is 42.2 Å². The summed E-state index contributed by atoms with van der Waals surface area (Å²) >= 11 is 0. The quantitative estimate of drug-likeness (QED) is 0.584. The molecule has 3 unspecified atom stereocenters. The van der Waals surface area contributed by atoms with Gasteiger partial charge in [-0.15, -0.1) is 0 Å². The highest BCUT2D eigenvalue weighted by atomic mass is 16.1. The molecule has 2 aliphatic rings. The lowest BCUT2D eigenvalue weighted by Gasteiger charge is -2.40. The van der Waals surface area contributed by atoms with Crippen LogP contribution in [0.15, 0.2) is 49.1 Å². The van der Waals surface area contributed by atoms with Gasteiger partial charge in [-0.2, -0.15) is 0 Å². The summed E-state index contributed by atoms with van der Waals surface area (Å²) in [7, 11) is 0. The SMILES string of the molecule is C=C(CCC(=O)C1CCCC2CCCCC21)C(=O)C(=C)c1ccccc1. The zero-order valence-corrected chi connectivity index (χ0v) is 15.7. The third-order valence-corrected chi connectivity index (χ3v) is 6.38. The second-order valence-corrected chi connectivity index (χ2v) is 7.99. The number of hydrogen-bond acceptors (Lipinski definition) is 2. The smallest absolute Gasteiger partial charge is 0.188 e. The normalized spacial score (nSPS) is 25.2. The van der Waals surface area contributed by atoms with Gasteiger partial charge < -0.3 is 0 Å². The molecule has 2 nitrogen and oxygen atoms in total. The number of carbonyl (C=O) groups is 2. The Morgan fingerprint density at radius 1 is 0.885 bits per heavy atom. The van der Waals surface area contributed by atoms with Crippen molar-refractivity contribution in [2.75, 3.05) is 0 Å². The van der Waals surface area contributed by atoms with Gasteiger partial charge in [-0.1, -0.05) is 75.6 Å². The molecule has 3 atom stereocenters. The van der Waals surface area contributed by atoms with Crippen molar-refractivity contribution in [3.05, 3.63) is 54.6 Å². The van der Waals surface area contributed by atoms with Gasteiger partial charge in [-0.3, -0.25) is 9.59 Å². The van der Waals surface area contributed by atoms with Crippen molar-refractivity contribution in [3.8, 4) is 0 Å². The Kier molecular flexibility index (Phi) is 6.24. The standard InChI is InChI=1S/C24H30O2/c1-17(24(26)18(2)19-9-4-3-5-10-19)15-16-23(25)22-14-8-12-20-11-6-7-13-21(20)22/h3-5,9-10,20-22H,1-2,6-8,11-16H2. The van der Waals surface area contributed by atoms with Crippen molar-refractivity contribution in [2.24, 2.45) is 17.8 Å². The van der Waals surface area contributed by atoms with Crippen molar-refractivity contribution >= 4 is 17.1 Å². The number of fused-ring (bicyclic) bond motifs is 1. The second-order valence-electron chi connectivity index (χ2n) is 7.99. The van der Waals surface area contributed by atoms with E-state index in [1.165, 1.54) is 38.5 Å². The predicted molar refractivity (Wildman–Crippen MR) is 107 cm³/mol. The average Bonchev–Trinajstić information content (AvgIpc) is 2.70. The molecule has 0 bridgehead atoms. The summed E-state index contributed by atoms with van der Waals surface area (Å²) in [6.07, 6.45) is 9.54. The highest BCUT2D eigenvalue weighted by molar-refractivity contribution is 6.27. The van der Waals surface area contributed by atoms with Crippen LogP contribution in [-0.4, -0.2) is 11.6 Å². The van der Waals surface area contributed by atoms with Gasteiger partial charge in [0.05, 0.1) is 0 Å². The number of rotatable bonds is 7. The van der Waals surface area contributed by atoms with Gasteiger partial charge in [0.15, 0.2) is 5.78 Å². The first-order valence-electron chi connectivity index (χ1n) is 10.1. The van der Waals surface area contributed by atoms with Gasteiger partial charge in [0.1, 0.15) is 5.78 Å². The minimum atomic E-state index is -0.122. The Morgan fingerprint density at radius 3 is 2.35 bits per heavy atom. The molecule has 2 heteroatoms. The van der Waals surface area contributed by atoms with Crippen molar-refractivity contribution in [2.45, 2.75) is 57.8 Å². The lowest BCUT2D eigenvalue weighted by atomic mass is 9.64. The Hall–Kier alpha value is -1.96. The van der Waals surface area contributed by atoms with Crippen LogP contribution in [-0.2, 0) is 9.59 Å². The van der Waals surface area contributed by atoms with E-state index in [1.54, 1.807) is 0 Å². The van der Waals surface area contributed by atoms with Gasteiger partial charge in [-0.25, -0.2) is 0 Å². The summed E-state index contributed by atoms with van der Waals surface area (Å²) in [5.74, 6) is 1.79. The van der Waals surface area contributed by atoms with Crippen molar-refractivity contribution in [1.82, 2.24) is 0 Å². The van der Waals surface area contributed by atoms with Crippen LogP contribution in [0.4, 0.5) is 0 Å². The predicted octanol–water partition coefficient (Wildman–Crippen LogP) is 5.78. The van der Waals surface area contributed by atoms with Crippen LogP contribution in [0.2, 0.25) is 0 Å². The fraction of sp³-hybridized carbons (Fsp3) is 0.500. The van der Waals surface area contributed by atoms with Gasteiger partial charge in [0.25, 0.3) is 0 Å². The van der Waals surface area contributed by atoms with Crippen LogP contribution >= 0.6 is 0 Å². The van der Waals surface area contributed by atoms with Crippen LogP contribution in [0.1, 0.15) is 63.4 Å². The molecule has 0 heterocycles. The molecular formula is C24H30O2. The third-order valence-electron chi connectivity index (χ3n) is 6.38. The zero-order valence-electron chi connectivity index (χ0n) is 15.7. The third kappa shape index (κ3) is 4.23. The Labute approximate surface area is 157 Å². The summed E-state index contributed by atoms with van der Waals surface area (Å²) in [6.45, 7) is 7.86. The van der Waals surface area contributed by atoms with Crippen LogP contribution in [0.5, 0.6) is 0 Å². The lowest BCUT2D eigenvalue weighted by Crippen LogP contribution is -2.35. The van der Waals surface area contributed by atoms with E-state index in [9.17, 15) is 9.59 Å². The minimum absolute atomic E-state index is 0.122. The van der Waals surface area contributed by atoms with E-state index in [4.69, 9.17) is 0 Å². The molecular weight excluding hydrogens is 320 g/mol. The van der Waals surface area contributed by atoms with E-state index in [0.717, 1.165) is 17.9 Å². The van der Waals surface area contributed by atoms with E-state index in [1.807, 2.05) is 30.3 Å². The molecule has 0 saturated heterocycles. The number of carbonyl (C=O) groups excluding carboxylic acids is 2. The molecule has 0 spiro atoms. The molecule has 0 amide bonds. The van der Waals surface area contributed by atoms with Crippen molar-refractivity contribution in [3.63, 3.8) is 0 Å². The molecule has 3 rings (SSSR count). The summed E-state index contributed by atoms with van der Waals surface area (Å²) in [5.41, 5.74) is 1.79. The molecule has 0 N–H and O–H groups in total. The molecule has 0 aromatic heterocycles. The van der Waals surface area contributed by atoms with Crippen LogP contribution in [0.25, 0.3) is 5.57 Å². The summed E-state index contributed by atoms with van der Waals surface area (Å²) in [4.78, 5) is 25.4. The topological polar surface area (TPSA) is 34.1 Å². The number of benzene rings is 1. The average molecular weight is 351 g/mol. The number of allylic oxidation sites excluding steroid dienone is 2. The minimum Gasteiger partial charge on any atom is -0.299 e. The largest absolute Gasteiger partial charge is 0.299 e. The van der Waals surface area contributed by atoms with E-state index in [2.05, 4.69) is 13.2 Å². The second kappa shape index (κ2) is 8.62. The van der Waals surface area contributed by atoms with Gasteiger partial charge >= 0.3 is 0 Å². The highest BCUT2D eigenvalue weighted by Gasteiger charge is 2.37. The van der Waals surface area contributed by atoms with Crippen LogP contribution in [0.3, 0.4) is 0 Å². The molecule has 1 aromatic rings. The maximum atomic E-state index is 12.8. The van der Waals surface area contributed by atoms with Gasteiger partial charge in [0, 0.05) is 17.9 Å². The molecule has 0 aliphatic heterocycles. The molecule has 0 radical (unpaired) electrons. The zero-order chi connectivity index (χ0) is 18.5. The molecule has 2 saturated carbocycles. The molecule has 138 valence electrons. The van der Waals surface area contributed by atoms with Crippen molar-refractivity contribution in [1.29, 1.82) is 0 Å². The first kappa shape index (κ1) is 18.8. The summed E-state index contributed by atoms with van der Waals surface area (Å²) < 4.78 is 0. The number of ketones is 2. The summed E-state index contributed by atoms with van der Waals surface area (Å²) in [5, 5.41) is 0. The highest BCUT2D eigenvalue weighted by Crippen LogP contribution is 2.44. The maximum absolute atomic E-state index is 12.8. The first-order chi connectivity index (χ1) is 12.6. The van der Waals surface area contributed by atoms with E-state index < -0.39 is 0 Å². The van der Waals surface area contributed by atoms with Crippen molar-refractivity contribution < 1.29 is 9.59 Å². The Bertz CT molecular complexity index is 683. The number of hydrogen-bond donors (Lipinski definition) is 0. The van der Waals surface area contributed by atoms with Gasteiger partial charge in [0.2, 0.25) is 0 Å². The number of Topliss-reactive ketones (excluding diaryl/α,β-unsaturated/α-hetero) is 2. The van der Waals surface area contributed by atoms with E-state index in [-0.39, 0.29) is 11.7 Å². The maximum Gasteiger partial charge on any atom is 0.188 e. The lowest BCUT2D eigenvalue weighted by molar-refractivity contribution is -0.127. The Morgan fingerprint density at radius 2 is 1.58 bits per heavy atom. The molecule has 1 aromatic carbocycles. The monoisotopic (exact) mass is 350 g/mol. The van der Waals surface area contributed by atoms with E-state index >= 15 is 0 Å². The molecule has 2 fully saturated rings. The Balaban J connectivity index is 1.54. The fourth-order valence-corrected chi connectivity index (χ4v) is 4.90. The fourth-order valence-electron chi connectivity index (χ4n) is 4.90. The molecule has 26 heavy (non-hydrogen) atoms. The van der Waals surface area contributed by atoms with Crippen LogP contribution < -0.4 is 0 Å². The van der Waals surface area contributed by atoms with E-state index in [0.29, 0.717) is 35.7 Å².